The summed E-state index contributed by atoms with van der Waals surface area (Å²) in [6, 6.07) is 0. The summed E-state index contributed by atoms with van der Waals surface area (Å²) in [7, 11) is 0. The fourth-order valence-corrected chi connectivity index (χ4v) is 1.28. The molecule has 0 aromatic carbocycles. The molecule has 10 heteroatoms. The van der Waals surface area contributed by atoms with Crippen LogP contribution in [0, 0.1) is 6.92 Å². The van der Waals surface area contributed by atoms with Gasteiger partial charge in [0.05, 0.1) is 19.6 Å². The van der Waals surface area contributed by atoms with Crippen molar-refractivity contribution < 1.29 is 19.1 Å². The van der Waals surface area contributed by atoms with Crippen molar-refractivity contribution in [3.63, 3.8) is 0 Å². The molecule has 0 amide bonds. The zero-order valence-corrected chi connectivity index (χ0v) is 12.5. The molecular formula is C12H17N5O5. The van der Waals surface area contributed by atoms with Crippen molar-refractivity contribution >= 4 is 23.6 Å². The van der Waals surface area contributed by atoms with Gasteiger partial charge < -0.3 is 9.47 Å². The Morgan fingerprint density at radius 2 is 1.91 bits per heavy atom. The molecule has 0 bridgehead atoms. The molecule has 1 heterocycles. The van der Waals surface area contributed by atoms with Crippen LogP contribution in [0.4, 0.5) is 5.95 Å². The third kappa shape index (κ3) is 5.31. The third-order valence-corrected chi connectivity index (χ3v) is 2.29. The highest BCUT2D eigenvalue weighted by Gasteiger charge is 2.18. The number of hydrogen-bond donors (Lipinski definition) is 2. The van der Waals surface area contributed by atoms with Crippen LogP contribution >= 0.6 is 0 Å². The molecule has 0 spiro atoms. The molecule has 0 saturated carbocycles. The maximum atomic E-state index is 11.7. The van der Waals surface area contributed by atoms with Crippen LogP contribution in [0.3, 0.4) is 0 Å². The van der Waals surface area contributed by atoms with Crippen LogP contribution in [0.1, 0.15) is 26.0 Å². The van der Waals surface area contributed by atoms with Crippen LogP contribution in [0.5, 0.6) is 0 Å². The minimum Gasteiger partial charge on any atom is -0.466 e. The number of ether oxygens (including phenoxy) is 2. The molecule has 22 heavy (non-hydrogen) atoms. The van der Waals surface area contributed by atoms with E-state index in [2.05, 4.69) is 25.7 Å². The summed E-state index contributed by atoms with van der Waals surface area (Å²) < 4.78 is 9.54. The number of hydrogen-bond acceptors (Lipinski definition) is 9. The number of carbonyl (C=O) groups is 2. The van der Waals surface area contributed by atoms with Gasteiger partial charge in [-0.2, -0.15) is 5.10 Å². The van der Waals surface area contributed by atoms with Crippen molar-refractivity contribution in [2.45, 2.75) is 27.2 Å². The van der Waals surface area contributed by atoms with Gasteiger partial charge in [0.15, 0.2) is 5.71 Å². The van der Waals surface area contributed by atoms with Crippen molar-refractivity contribution in [2.75, 3.05) is 18.6 Å². The van der Waals surface area contributed by atoms with Gasteiger partial charge in [-0.25, -0.2) is 10.2 Å². The Morgan fingerprint density at radius 3 is 2.50 bits per heavy atom. The van der Waals surface area contributed by atoms with Gasteiger partial charge in [0.1, 0.15) is 5.69 Å². The minimum absolute atomic E-state index is 0.0683. The second-order valence-corrected chi connectivity index (χ2v) is 3.96. The monoisotopic (exact) mass is 311 g/mol. The molecule has 0 fully saturated rings. The Hall–Kier alpha value is -2.78. The van der Waals surface area contributed by atoms with E-state index in [4.69, 9.17) is 9.47 Å². The van der Waals surface area contributed by atoms with Crippen molar-refractivity contribution in [3.8, 4) is 0 Å². The highest BCUT2D eigenvalue weighted by atomic mass is 16.5. The maximum absolute atomic E-state index is 11.7. The predicted molar refractivity (Wildman–Crippen MR) is 76.3 cm³/mol. The Labute approximate surface area is 125 Å². The van der Waals surface area contributed by atoms with Crippen LogP contribution in [0.25, 0.3) is 0 Å². The summed E-state index contributed by atoms with van der Waals surface area (Å²) in [6.07, 6.45) is -0.372. The number of nitrogens with one attached hydrogen (secondary N) is 2. The summed E-state index contributed by atoms with van der Waals surface area (Å²) in [5, 5.41) is 11.0. The average Bonchev–Trinajstić information content (AvgIpc) is 2.47. The van der Waals surface area contributed by atoms with Crippen molar-refractivity contribution in [1.82, 2.24) is 15.2 Å². The second kappa shape index (κ2) is 8.49. The maximum Gasteiger partial charge on any atom is 0.355 e. The number of H-pyrrole nitrogens is 1. The number of esters is 2. The molecule has 10 nitrogen and oxygen atoms in total. The Bertz CT molecular complexity index is 625. The van der Waals surface area contributed by atoms with E-state index in [1.807, 2.05) is 0 Å². The van der Waals surface area contributed by atoms with Gasteiger partial charge in [-0.1, -0.05) is 0 Å². The highest BCUT2D eigenvalue weighted by Crippen LogP contribution is 1.98. The molecule has 0 unspecified atom stereocenters. The molecule has 0 aliphatic carbocycles. The molecule has 0 aliphatic rings. The number of anilines is 1. The fourth-order valence-electron chi connectivity index (χ4n) is 1.28. The molecule has 1 aromatic rings. The largest absolute Gasteiger partial charge is 0.466 e. The zero-order valence-electron chi connectivity index (χ0n) is 12.5. The number of aromatic amines is 1. The lowest BCUT2D eigenvalue weighted by Gasteiger charge is -2.06. The van der Waals surface area contributed by atoms with Gasteiger partial charge in [-0.3, -0.25) is 14.6 Å². The lowest BCUT2D eigenvalue weighted by Crippen LogP contribution is -2.24. The van der Waals surface area contributed by atoms with Crippen LogP contribution in [0.2, 0.25) is 0 Å². The van der Waals surface area contributed by atoms with E-state index in [1.165, 1.54) is 6.92 Å². The number of aryl methyl sites for hydroxylation is 1. The van der Waals surface area contributed by atoms with Crippen molar-refractivity contribution in [1.29, 1.82) is 0 Å². The number of aromatic nitrogens is 3. The zero-order chi connectivity index (χ0) is 16.5. The average molecular weight is 311 g/mol. The van der Waals surface area contributed by atoms with Crippen molar-refractivity contribution in [3.05, 3.63) is 16.0 Å². The molecule has 2 N–H and O–H groups in total. The van der Waals surface area contributed by atoms with Gasteiger partial charge in [-0.05, 0) is 20.8 Å². The Balaban J connectivity index is 2.88. The SMILES string of the molecule is CCOC(=O)CC(=NNc1nnc(C)c(=O)[nH]1)C(=O)OCC. The van der Waals surface area contributed by atoms with E-state index in [-0.39, 0.29) is 37.0 Å². The summed E-state index contributed by atoms with van der Waals surface area (Å²) in [4.78, 5) is 36.9. The van der Waals surface area contributed by atoms with Gasteiger partial charge in [0.2, 0.25) is 5.95 Å². The number of carbonyl (C=O) groups excluding carboxylic acids is 2. The van der Waals surface area contributed by atoms with Gasteiger partial charge in [0, 0.05) is 0 Å². The first-order valence-corrected chi connectivity index (χ1v) is 6.56. The fraction of sp³-hybridized carbons (Fsp3) is 0.500. The van der Waals surface area contributed by atoms with Gasteiger partial charge in [0.25, 0.3) is 5.56 Å². The summed E-state index contributed by atoms with van der Waals surface area (Å²) in [6.45, 7) is 5.06. The first-order valence-electron chi connectivity index (χ1n) is 6.56. The number of nitrogens with zero attached hydrogens (tertiary/aromatic N) is 3. The molecule has 1 rings (SSSR count). The van der Waals surface area contributed by atoms with Gasteiger partial charge in [-0.15, -0.1) is 10.2 Å². The summed E-state index contributed by atoms with van der Waals surface area (Å²) in [5.41, 5.74) is 1.88. The number of hydrazone groups is 1. The molecule has 0 saturated heterocycles. The topological polar surface area (TPSA) is 136 Å². The van der Waals surface area contributed by atoms with Crippen molar-refractivity contribution in [2.24, 2.45) is 5.10 Å². The second-order valence-electron chi connectivity index (χ2n) is 3.96. The smallest absolute Gasteiger partial charge is 0.355 e. The van der Waals surface area contributed by atoms with E-state index in [0.29, 0.717) is 0 Å². The minimum atomic E-state index is -0.773. The lowest BCUT2D eigenvalue weighted by molar-refractivity contribution is -0.143. The van der Waals surface area contributed by atoms with Crippen LogP contribution in [0.15, 0.2) is 9.90 Å². The van der Waals surface area contributed by atoms with Gasteiger partial charge >= 0.3 is 11.9 Å². The summed E-state index contributed by atoms with van der Waals surface area (Å²) >= 11 is 0. The molecule has 120 valence electrons. The Kier molecular flexibility index (Phi) is 6.67. The molecule has 0 atom stereocenters. The van der Waals surface area contributed by atoms with Crippen LogP contribution in [-0.2, 0) is 19.1 Å². The van der Waals surface area contributed by atoms with E-state index in [9.17, 15) is 14.4 Å². The first kappa shape index (κ1) is 17.3. The van der Waals surface area contributed by atoms with E-state index < -0.39 is 17.5 Å². The highest BCUT2D eigenvalue weighted by molar-refractivity contribution is 6.39. The number of rotatable bonds is 7. The normalized spacial score (nSPS) is 11.0. The Morgan fingerprint density at radius 1 is 1.23 bits per heavy atom. The van der Waals surface area contributed by atoms with Crippen LogP contribution in [-0.4, -0.2) is 46.0 Å². The molecule has 1 aromatic heterocycles. The lowest BCUT2D eigenvalue weighted by atomic mass is 10.3. The van der Waals surface area contributed by atoms with E-state index >= 15 is 0 Å². The quantitative estimate of drug-likeness (QED) is 0.400. The van der Waals surface area contributed by atoms with E-state index in [1.54, 1.807) is 13.8 Å². The van der Waals surface area contributed by atoms with E-state index in [0.717, 1.165) is 0 Å². The standard InChI is InChI=1S/C12H17N5O5/c1-4-21-9(18)6-8(11(20)22-5-2)15-17-12-13-10(19)7(3)14-16-12/h4-6H2,1-3H3,(H2,13,16,17,19). The third-order valence-electron chi connectivity index (χ3n) is 2.29. The van der Waals surface area contributed by atoms with Crippen LogP contribution < -0.4 is 11.0 Å². The molecular weight excluding hydrogens is 294 g/mol. The predicted octanol–water partition coefficient (Wildman–Crippen LogP) is -0.242. The molecule has 0 aliphatic heterocycles. The summed E-state index contributed by atoms with van der Waals surface area (Å²) in [5.74, 6) is -1.47. The molecule has 0 radical (unpaired) electrons. The first-order chi connectivity index (χ1) is 10.5.